The second-order valence-corrected chi connectivity index (χ2v) is 8.48. The topological polar surface area (TPSA) is 74.6 Å². The van der Waals surface area contributed by atoms with Gasteiger partial charge in [-0.1, -0.05) is 97.0 Å². The first-order chi connectivity index (χ1) is 14.5. The van der Waals surface area contributed by atoms with Crippen LogP contribution in [0.5, 0.6) is 0 Å². The molecule has 30 heavy (non-hydrogen) atoms. The van der Waals surface area contributed by atoms with E-state index in [1.165, 1.54) is 70.3 Å². The van der Waals surface area contributed by atoms with Gasteiger partial charge in [0.05, 0.1) is 11.1 Å². The van der Waals surface area contributed by atoms with Gasteiger partial charge in [-0.05, 0) is 42.9 Å². The summed E-state index contributed by atoms with van der Waals surface area (Å²) in [6.45, 7) is 4.41. The minimum Gasteiger partial charge on any atom is -0.478 e. The van der Waals surface area contributed by atoms with Crippen molar-refractivity contribution in [2.75, 3.05) is 0 Å². The van der Waals surface area contributed by atoms with Crippen molar-refractivity contribution in [1.29, 1.82) is 0 Å². The van der Waals surface area contributed by atoms with E-state index >= 15 is 0 Å². The molecule has 0 aliphatic heterocycles. The molecule has 4 nitrogen and oxygen atoms in total. The molecule has 0 bridgehead atoms. The molecule has 1 aromatic carbocycles. The fourth-order valence-corrected chi connectivity index (χ4v) is 4.16. The van der Waals surface area contributed by atoms with Gasteiger partial charge in [0, 0.05) is 0 Å². The van der Waals surface area contributed by atoms with Crippen LogP contribution in [0.25, 0.3) is 0 Å². The Morgan fingerprint density at radius 3 is 1.57 bits per heavy atom. The van der Waals surface area contributed by atoms with Crippen LogP contribution in [0.1, 0.15) is 136 Å². The van der Waals surface area contributed by atoms with Crippen LogP contribution in [-0.4, -0.2) is 22.2 Å². The molecule has 0 heterocycles. The van der Waals surface area contributed by atoms with E-state index in [9.17, 15) is 19.8 Å². The van der Waals surface area contributed by atoms with Gasteiger partial charge in [-0.2, -0.15) is 0 Å². The number of carbonyl (C=O) groups is 2. The number of carboxylic acids is 2. The molecule has 2 N–H and O–H groups in total. The summed E-state index contributed by atoms with van der Waals surface area (Å²) in [6.07, 6.45) is 18.1. The summed E-state index contributed by atoms with van der Waals surface area (Å²) in [5.41, 5.74) is 1.70. The Morgan fingerprint density at radius 2 is 1.10 bits per heavy atom. The van der Waals surface area contributed by atoms with E-state index in [1.54, 1.807) is 0 Å². The molecule has 0 saturated heterocycles. The Morgan fingerprint density at radius 1 is 0.633 bits per heavy atom. The van der Waals surface area contributed by atoms with Crippen molar-refractivity contribution in [3.63, 3.8) is 0 Å². The number of unbranched alkanes of at least 4 members (excludes halogenated alkanes) is 12. The van der Waals surface area contributed by atoms with Crippen molar-refractivity contribution in [3.8, 4) is 0 Å². The van der Waals surface area contributed by atoms with Crippen LogP contribution in [-0.2, 0) is 12.8 Å². The summed E-state index contributed by atoms with van der Waals surface area (Å²) in [7, 11) is 0. The van der Waals surface area contributed by atoms with Crippen LogP contribution in [0.4, 0.5) is 0 Å². The summed E-state index contributed by atoms with van der Waals surface area (Å²) in [5.74, 6) is -2.28. The third kappa shape index (κ3) is 9.77. The van der Waals surface area contributed by atoms with Gasteiger partial charge in [-0.25, -0.2) is 9.59 Å². The number of hydrogen-bond acceptors (Lipinski definition) is 2. The first-order valence-corrected chi connectivity index (χ1v) is 12.1. The van der Waals surface area contributed by atoms with Crippen LogP contribution < -0.4 is 0 Å². The van der Waals surface area contributed by atoms with E-state index in [0.29, 0.717) is 6.42 Å². The number of benzene rings is 1. The molecule has 0 spiro atoms. The monoisotopic (exact) mass is 418 g/mol. The third-order valence-corrected chi connectivity index (χ3v) is 5.93. The highest BCUT2D eigenvalue weighted by atomic mass is 16.4. The first kappa shape index (κ1) is 26.2. The molecule has 0 radical (unpaired) electrons. The number of aromatic carboxylic acids is 2. The predicted molar refractivity (Wildman–Crippen MR) is 124 cm³/mol. The Labute approximate surface area is 183 Å². The van der Waals surface area contributed by atoms with Crippen molar-refractivity contribution in [2.24, 2.45) is 0 Å². The van der Waals surface area contributed by atoms with Crippen LogP contribution in [0.2, 0.25) is 0 Å². The van der Waals surface area contributed by atoms with Crippen LogP contribution in [0.15, 0.2) is 12.1 Å². The summed E-state index contributed by atoms with van der Waals surface area (Å²) in [5, 5.41) is 19.2. The van der Waals surface area contributed by atoms with E-state index in [2.05, 4.69) is 13.8 Å². The van der Waals surface area contributed by atoms with Crippen molar-refractivity contribution < 1.29 is 19.8 Å². The maximum atomic E-state index is 11.9. The van der Waals surface area contributed by atoms with E-state index in [-0.39, 0.29) is 11.1 Å². The maximum Gasteiger partial charge on any atom is 0.336 e. The summed E-state index contributed by atoms with van der Waals surface area (Å²) in [6, 6.07) is 3.33. The van der Waals surface area contributed by atoms with Gasteiger partial charge in [-0.15, -0.1) is 0 Å². The zero-order chi connectivity index (χ0) is 22.2. The molecule has 0 aromatic heterocycles. The molecule has 0 aliphatic carbocycles. The molecule has 0 fully saturated rings. The largest absolute Gasteiger partial charge is 0.478 e. The number of hydrogen-bond donors (Lipinski definition) is 2. The van der Waals surface area contributed by atoms with Gasteiger partial charge >= 0.3 is 11.9 Å². The van der Waals surface area contributed by atoms with Crippen molar-refractivity contribution in [1.82, 2.24) is 0 Å². The molecule has 0 aliphatic rings. The Hall–Kier alpha value is -1.84. The van der Waals surface area contributed by atoms with Crippen LogP contribution in [0, 0.1) is 0 Å². The van der Waals surface area contributed by atoms with E-state index in [1.807, 2.05) is 6.07 Å². The summed E-state index contributed by atoms with van der Waals surface area (Å²) < 4.78 is 0. The lowest BCUT2D eigenvalue weighted by Gasteiger charge is -2.15. The molecular weight excluding hydrogens is 376 g/mol. The Bertz CT molecular complexity index is 636. The molecule has 170 valence electrons. The number of rotatable bonds is 18. The fourth-order valence-electron chi connectivity index (χ4n) is 4.16. The van der Waals surface area contributed by atoms with Gasteiger partial charge in [0.15, 0.2) is 0 Å². The highest BCUT2D eigenvalue weighted by molar-refractivity contribution is 6.03. The highest BCUT2D eigenvalue weighted by Crippen LogP contribution is 2.25. The minimum atomic E-state index is -1.16. The van der Waals surface area contributed by atoms with E-state index < -0.39 is 11.9 Å². The van der Waals surface area contributed by atoms with Crippen molar-refractivity contribution >= 4 is 11.9 Å². The predicted octanol–water partition coefficient (Wildman–Crippen LogP) is 7.67. The van der Waals surface area contributed by atoms with Crippen LogP contribution in [0.3, 0.4) is 0 Å². The van der Waals surface area contributed by atoms with Gasteiger partial charge in [0.25, 0.3) is 0 Å². The highest BCUT2D eigenvalue weighted by Gasteiger charge is 2.22. The van der Waals surface area contributed by atoms with Gasteiger partial charge in [0.1, 0.15) is 0 Å². The van der Waals surface area contributed by atoms with Crippen molar-refractivity contribution in [3.05, 3.63) is 34.4 Å². The molecule has 0 amide bonds. The average molecular weight is 419 g/mol. The van der Waals surface area contributed by atoms with Crippen molar-refractivity contribution in [2.45, 2.75) is 117 Å². The number of aryl methyl sites for hydroxylation is 1. The summed E-state index contributed by atoms with van der Waals surface area (Å²) >= 11 is 0. The normalized spacial score (nSPS) is 11.0. The lowest BCUT2D eigenvalue weighted by molar-refractivity contribution is 0.0650. The third-order valence-electron chi connectivity index (χ3n) is 5.93. The second kappa shape index (κ2) is 15.9. The fraction of sp³-hybridized carbons (Fsp3) is 0.692. The molecule has 1 rings (SSSR count). The van der Waals surface area contributed by atoms with E-state index in [4.69, 9.17) is 0 Å². The van der Waals surface area contributed by atoms with E-state index in [0.717, 1.165) is 43.2 Å². The second-order valence-electron chi connectivity index (χ2n) is 8.48. The lowest BCUT2D eigenvalue weighted by atomic mass is 9.89. The Kier molecular flexibility index (Phi) is 13.9. The van der Waals surface area contributed by atoms with Gasteiger partial charge in [-0.3, -0.25) is 0 Å². The standard InChI is InChI=1S/C26H42O4/c1-3-5-7-9-10-11-12-14-16-18-22-21(17-15-13-8-6-4-2)19-20-23(25(27)28)24(22)26(29)30/h19-20H,3-18H2,1-2H3,(H,27,28)(H,29,30). The minimum absolute atomic E-state index is 0.00752. The molecule has 0 atom stereocenters. The zero-order valence-corrected chi connectivity index (χ0v) is 19.2. The summed E-state index contributed by atoms with van der Waals surface area (Å²) in [4.78, 5) is 23.5. The molecular formula is C26H42O4. The van der Waals surface area contributed by atoms with Crippen LogP contribution >= 0.6 is 0 Å². The molecule has 1 aromatic rings. The maximum absolute atomic E-state index is 11.9. The van der Waals surface area contributed by atoms with Gasteiger partial charge < -0.3 is 10.2 Å². The zero-order valence-electron chi connectivity index (χ0n) is 19.2. The molecule has 0 saturated carbocycles. The quantitative estimate of drug-likeness (QED) is 0.240. The van der Waals surface area contributed by atoms with Gasteiger partial charge in [0.2, 0.25) is 0 Å². The average Bonchev–Trinajstić information content (AvgIpc) is 2.72. The SMILES string of the molecule is CCCCCCCCCCCc1c(CCCCCCC)ccc(C(=O)O)c1C(=O)O. The Balaban J connectivity index is 2.72. The first-order valence-electron chi connectivity index (χ1n) is 12.1. The number of carboxylic acid groups (broad SMARTS) is 2. The lowest BCUT2D eigenvalue weighted by Crippen LogP contribution is -2.14. The smallest absolute Gasteiger partial charge is 0.336 e. The molecule has 4 heteroatoms. The molecule has 0 unspecified atom stereocenters.